The molecule has 0 aliphatic carbocycles. The first-order valence-electron chi connectivity index (χ1n) is 11.4. The van der Waals surface area contributed by atoms with Crippen molar-refractivity contribution in [2.45, 2.75) is 31.9 Å². The number of likely N-dealkylation sites (tertiary alicyclic amines) is 1. The number of pyridine rings is 2. The Kier molecular flexibility index (Phi) is 5.57. The second-order valence-corrected chi connectivity index (χ2v) is 8.76. The van der Waals surface area contributed by atoms with Crippen LogP contribution in [0.1, 0.15) is 25.8 Å². The molecule has 9 heteroatoms. The molecule has 1 aliphatic heterocycles. The largest absolute Gasteiger partial charge is 0.481 e. The number of methoxy groups -OCH3 is 1. The lowest BCUT2D eigenvalue weighted by Gasteiger charge is -2.33. The number of benzene rings is 1. The molecule has 176 valence electrons. The van der Waals surface area contributed by atoms with Crippen LogP contribution in [-0.2, 0) is 11.8 Å². The maximum atomic E-state index is 13.3. The molecule has 1 saturated heterocycles. The third-order valence-electron chi connectivity index (χ3n) is 6.69. The predicted molar refractivity (Wildman–Crippen MR) is 129 cm³/mol. The number of hydrogen-bond donors (Lipinski definition) is 1. The second kappa shape index (κ2) is 8.57. The summed E-state index contributed by atoms with van der Waals surface area (Å²) in [6.45, 7) is 2.49. The van der Waals surface area contributed by atoms with Gasteiger partial charge >= 0.3 is 5.69 Å². The van der Waals surface area contributed by atoms with E-state index in [1.54, 1.807) is 36.0 Å². The molecule has 4 heterocycles. The average molecular weight is 462 g/mol. The molecule has 4 aromatic rings. The summed E-state index contributed by atoms with van der Waals surface area (Å²) in [7, 11) is 3.35. The van der Waals surface area contributed by atoms with Gasteiger partial charge in [0.2, 0.25) is 5.88 Å². The molecule has 0 unspecified atom stereocenters. The van der Waals surface area contributed by atoms with Crippen molar-refractivity contribution >= 4 is 27.8 Å². The summed E-state index contributed by atoms with van der Waals surface area (Å²) in [5, 5.41) is 10.5. The first-order chi connectivity index (χ1) is 16.4. The molecule has 9 nitrogen and oxygen atoms in total. The van der Waals surface area contributed by atoms with Gasteiger partial charge in [0, 0.05) is 49.4 Å². The van der Waals surface area contributed by atoms with Crippen molar-refractivity contribution in [1.29, 1.82) is 0 Å². The van der Waals surface area contributed by atoms with Gasteiger partial charge in [0.15, 0.2) is 0 Å². The molecule has 0 radical (unpaired) electrons. The van der Waals surface area contributed by atoms with Crippen LogP contribution in [-0.4, -0.2) is 61.3 Å². The van der Waals surface area contributed by atoms with Crippen molar-refractivity contribution in [2.75, 3.05) is 20.2 Å². The Balaban J connectivity index is 1.61. The van der Waals surface area contributed by atoms with Gasteiger partial charge in [-0.05, 0) is 43.5 Å². The Morgan fingerprint density at radius 2 is 1.85 bits per heavy atom. The topological polar surface area (TPSA) is 102 Å². The van der Waals surface area contributed by atoms with Crippen molar-refractivity contribution in [2.24, 2.45) is 7.05 Å². The zero-order valence-corrected chi connectivity index (χ0v) is 19.4. The Morgan fingerprint density at radius 1 is 1.12 bits per heavy atom. The number of aliphatic hydroxyl groups excluding tert-OH is 1. The minimum atomic E-state index is -1.02. The molecular formula is C25H27N5O4. The fourth-order valence-electron chi connectivity index (χ4n) is 4.83. The first-order valence-corrected chi connectivity index (χ1v) is 11.4. The summed E-state index contributed by atoms with van der Waals surface area (Å²) in [5.74, 6) is 0.280. The number of aromatic nitrogens is 4. The van der Waals surface area contributed by atoms with E-state index in [2.05, 4.69) is 16.0 Å². The first kappa shape index (κ1) is 22.1. The van der Waals surface area contributed by atoms with Crippen LogP contribution in [0.15, 0.2) is 47.5 Å². The summed E-state index contributed by atoms with van der Waals surface area (Å²) in [4.78, 5) is 36.1. The summed E-state index contributed by atoms with van der Waals surface area (Å²) in [6.07, 6.45) is 3.78. The molecule has 5 rings (SSSR count). The van der Waals surface area contributed by atoms with Crippen molar-refractivity contribution in [3.63, 3.8) is 0 Å². The van der Waals surface area contributed by atoms with E-state index in [0.29, 0.717) is 31.8 Å². The summed E-state index contributed by atoms with van der Waals surface area (Å²) < 4.78 is 8.66. The lowest BCUT2D eigenvalue weighted by atomic mass is 10.0. The maximum Gasteiger partial charge on any atom is 0.329 e. The third-order valence-corrected chi connectivity index (χ3v) is 6.69. The highest BCUT2D eigenvalue weighted by Crippen LogP contribution is 2.32. The molecule has 1 fully saturated rings. The molecule has 1 aliphatic rings. The van der Waals surface area contributed by atoms with Crippen LogP contribution >= 0.6 is 0 Å². The van der Waals surface area contributed by atoms with Gasteiger partial charge in [-0.15, -0.1) is 0 Å². The SMILES string of the molecule is COc1ccc(-c2ccc3ncc4c(c3c2)n(C2CCN(C(=O)[C@H](C)O)CC2)c(=O)n4C)cn1. The number of aryl methyl sites for hydroxylation is 1. The molecule has 1 aromatic carbocycles. The smallest absolute Gasteiger partial charge is 0.329 e. The van der Waals surface area contributed by atoms with Gasteiger partial charge in [0.05, 0.1) is 29.9 Å². The standard InChI is InChI=1S/C25H27N5O4/c1-15(31)24(32)29-10-8-18(9-11-29)30-23-19-12-16(17-5-7-22(34-3)27-13-17)4-6-20(19)26-14-21(23)28(2)25(30)33/h4-7,12-15,18,31H,8-11H2,1-3H3/t15-/m0/s1. The van der Waals surface area contributed by atoms with Crippen LogP contribution in [0.4, 0.5) is 0 Å². The van der Waals surface area contributed by atoms with E-state index in [1.165, 1.54) is 6.92 Å². The van der Waals surface area contributed by atoms with Crippen molar-refractivity contribution < 1.29 is 14.6 Å². The van der Waals surface area contributed by atoms with Gasteiger partial charge in [-0.3, -0.25) is 18.9 Å². The molecule has 3 aromatic heterocycles. The molecule has 1 amide bonds. The van der Waals surface area contributed by atoms with Gasteiger partial charge < -0.3 is 14.7 Å². The summed E-state index contributed by atoms with van der Waals surface area (Å²) in [5.41, 5.74) is 4.23. The fourth-order valence-corrected chi connectivity index (χ4v) is 4.83. The van der Waals surface area contributed by atoms with Crippen LogP contribution in [0.2, 0.25) is 0 Å². The normalized spacial score (nSPS) is 15.7. The van der Waals surface area contributed by atoms with Gasteiger partial charge in [-0.1, -0.05) is 6.07 Å². The highest BCUT2D eigenvalue weighted by molar-refractivity contribution is 6.04. The van der Waals surface area contributed by atoms with Gasteiger partial charge in [-0.25, -0.2) is 9.78 Å². The molecule has 0 saturated carbocycles. The van der Waals surface area contributed by atoms with E-state index >= 15 is 0 Å². The fraction of sp³-hybridized carbons (Fsp3) is 0.360. The van der Waals surface area contributed by atoms with Crippen molar-refractivity contribution in [3.05, 3.63) is 53.2 Å². The molecule has 1 N–H and O–H groups in total. The van der Waals surface area contributed by atoms with Crippen molar-refractivity contribution in [1.82, 2.24) is 24.0 Å². The zero-order chi connectivity index (χ0) is 24.0. The van der Waals surface area contributed by atoms with Crippen LogP contribution in [0.5, 0.6) is 5.88 Å². The van der Waals surface area contributed by atoms with Crippen molar-refractivity contribution in [3.8, 4) is 17.0 Å². The third kappa shape index (κ3) is 3.62. The number of piperidine rings is 1. The lowest BCUT2D eigenvalue weighted by Crippen LogP contribution is -2.44. The number of ether oxygens (including phenoxy) is 1. The summed E-state index contributed by atoms with van der Waals surface area (Å²) in [6, 6.07) is 9.73. The average Bonchev–Trinajstić information content (AvgIpc) is 3.13. The van der Waals surface area contributed by atoms with Crippen LogP contribution in [0, 0.1) is 0 Å². The van der Waals surface area contributed by atoms with E-state index in [0.717, 1.165) is 33.1 Å². The Labute approximate surface area is 196 Å². The van der Waals surface area contributed by atoms with Crippen LogP contribution < -0.4 is 10.4 Å². The number of imidazole rings is 1. The number of carbonyl (C=O) groups is 1. The Morgan fingerprint density at radius 3 is 2.50 bits per heavy atom. The van der Waals surface area contributed by atoms with Gasteiger partial charge in [-0.2, -0.15) is 0 Å². The number of nitrogens with zero attached hydrogens (tertiary/aromatic N) is 5. The van der Waals surface area contributed by atoms with Gasteiger partial charge in [0.1, 0.15) is 6.10 Å². The summed E-state index contributed by atoms with van der Waals surface area (Å²) >= 11 is 0. The number of fused-ring (bicyclic) bond motifs is 3. The zero-order valence-electron chi connectivity index (χ0n) is 19.4. The number of carbonyl (C=O) groups excluding carboxylic acids is 1. The Hall–Kier alpha value is -3.72. The molecule has 1 atom stereocenters. The van der Waals surface area contributed by atoms with E-state index in [4.69, 9.17) is 4.74 Å². The van der Waals surface area contributed by atoms with Crippen LogP contribution in [0.25, 0.3) is 33.1 Å². The molecule has 34 heavy (non-hydrogen) atoms. The number of rotatable bonds is 4. The quantitative estimate of drug-likeness (QED) is 0.501. The number of hydrogen-bond acceptors (Lipinski definition) is 6. The maximum absolute atomic E-state index is 13.3. The minimum Gasteiger partial charge on any atom is -0.481 e. The Bertz CT molecular complexity index is 1430. The monoisotopic (exact) mass is 461 g/mol. The molecule has 0 bridgehead atoms. The second-order valence-electron chi connectivity index (χ2n) is 8.76. The highest BCUT2D eigenvalue weighted by atomic mass is 16.5. The lowest BCUT2D eigenvalue weighted by molar-refractivity contribution is -0.140. The highest BCUT2D eigenvalue weighted by Gasteiger charge is 2.29. The van der Waals surface area contributed by atoms with E-state index in [9.17, 15) is 14.7 Å². The van der Waals surface area contributed by atoms with Crippen LogP contribution in [0.3, 0.4) is 0 Å². The molecule has 0 spiro atoms. The van der Waals surface area contributed by atoms with E-state index < -0.39 is 6.10 Å². The number of aliphatic hydroxyl groups is 1. The van der Waals surface area contributed by atoms with E-state index in [1.807, 2.05) is 28.8 Å². The van der Waals surface area contributed by atoms with E-state index in [-0.39, 0.29) is 17.6 Å². The predicted octanol–water partition coefficient (Wildman–Crippen LogP) is 2.50. The minimum absolute atomic E-state index is 0.0499. The number of amides is 1. The van der Waals surface area contributed by atoms with Gasteiger partial charge in [0.25, 0.3) is 5.91 Å². The molecular weight excluding hydrogens is 434 g/mol.